The van der Waals surface area contributed by atoms with E-state index >= 15 is 0 Å². The second kappa shape index (κ2) is 6.43. The fourth-order valence-corrected chi connectivity index (χ4v) is 1.80. The molecule has 0 radical (unpaired) electrons. The summed E-state index contributed by atoms with van der Waals surface area (Å²) in [6.45, 7) is 5.55. The summed E-state index contributed by atoms with van der Waals surface area (Å²) in [5.41, 5.74) is 1.06. The van der Waals surface area contributed by atoms with Crippen LogP contribution in [-0.4, -0.2) is 28.9 Å². The molecule has 1 heterocycles. The summed E-state index contributed by atoms with van der Waals surface area (Å²) in [5.74, 6) is -0.280. The molecule has 2 rings (SSSR count). The number of amides is 2. The molecule has 6 heteroatoms. The maximum Gasteiger partial charge on any atom is 0.244 e. The zero-order valence-corrected chi connectivity index (χ0v) is 12.8. The Kier molecular flexibility index (Phi) is 4.60. The summed E-state index contributed by atoms with van der Waals surface area (Å²) in [6, 6.07) is 7.34. The van der Waals surface area contributed by atoms with Gasteiger partial charge in [0.25, 0.3) is 0 Å². The largest absolute Gasteiger partial charge is 0.437 e. The van der Waals surface area contributed by atoms with E-state index in [4.69, 9.17) is 4.42 Å². The molecular formula is C16H19N3O3. The van der Waals surface area contributed by atoms with Gasteiger partial charge in [-0.2, -0.15) is 0 Å². The Hall–Kier alpha value is -2.63. The summed E-state index contributed by atoms with van der Waals surface area (Å²) in [7, 11) is 0. The quantitative estimate of drug-likeness (QED) is 0.844. The fraction of sp³-hybridized carbons (Fsp3) is 0.312. The van der Waals surface area contributed by atoms with E-state index in [2.05, 4.69) is 15.6 Å². The Labute approximate surface area is 128 Å². The SMILES string of the molecule is CC(C)(C)NC(=O)CNC(=O)/C=C/c1nc2ccccc2o1. The smallest absolute Gasteiger partial charge is 0.244 e. The third kappa shape index (κ3) is 4.73. The minimum atomic E-state index is -0.383. The molecule has 0 spiro atoms. The number of benzene rings is 1. The Morgan fingerprint density at radius 3 is 2.68 bits per heavy atom. The van der Waals surface area contributed by atoms with Gasteiger partial charge < -0.3 is 15.1 Å². The number of hydrogen-bond donors (Lipinski definition) is 2. The maximum atomic E-state index is 11.7. The first-order valence-corrected chi connectivity index (χ1v) is 6.96. The van der Waals surface area contributed by atoms with Crippen LogP contribution in [0.2, 0.25) is 0 Å². The number of fused-ring (bicyclic) bond motifs is 1. The van der Waals surface area contributed by atoms with Gasteiger partial charge in [-0.15, -0.1) is 0 Å². The molecule has 1 aromatic carbocycles. The van der Waals surface area contributed by atoms with Crippen molar-refractivity contribution in [3.8, 4) is 0 Å². The Balaban J connectivity index is 1.87. The van der Waals surface area contributed by atoms with Gasteiger partial charge in [-0.1, -0.05) is 12.1 Å². The van der Waals surface area contributed by atoms with Crippen molar-refractivity contribution in [3.05, 3.63) is 36.2 Å². The average Bonchev–Trinajstić information content (AvgIpc) is 2.84. The Morgan fingerprint density at radius 2 is 2.00 bits per heavy atom. The van der Waals surface area contributed by atoms with Crippen LogP contribution < -0.4 is 10.6 Å². The van der Waals surface area contributed by atoms with Crippen LogP contribution in [0.15, 0.2) is 34.8 Å². The molecule has 0 unspecified atom stereocenters. The lowest BCUT2D eigenvalue weighted by atomic mass is 10.1. The van der Waals surface area contributed by atoms with Crippen LogP contribution >= 0.6 is 0 Å². The fourth-order valence-electron chi connectivity index (χ4n) is 1.80. The van der Waals surface area contributed by atoms with Crippen molar-refractivity contribution in [3.63, 3.8) is 0 Å². The van der Waals surface area contributed by atoms with Crippen LogP contribution in [0.25, 0.3) is 17.2 Å². The molecule has 1 aromatic heterocycles. The van der Waals surface area contributed by atoms with Crippen molar-refractivity contribution < 1.29 is 14.0 Å². The molecule has 2 amide bonds. The molecule has 116 valence electrons. The van der Waals surface area contributed by atoms with Crippen LogP contribution in [-0.2, 0) is 9.59 Å². The number of carbonyl (C=O) groups excluding carboxylic acids is 2. The Bertz CT molecular complexity index is 678. The van der Waals surface area contributed by atoms with Gasteiger partial charge in [-0.25, -0.2) is 4.98 Å². The Morgan fingerprint density at radius 1 is 1.27 bits per heavy atom. The zero-order valence-electron chi connectivity index (χ0n) is 12.8. The van der Waals surface area contributed by atoms with E-state index in [0.717, 1.165) is 5.52 Å². The second-order valence-corrected chi connectivity index (χ2v) is 5.87. The van der Waals surface area contributed by atoms with Gasteiger partial charge in [0.2, 0.25) is 17.7 Å². The van der Waals surface area contributed by atoms with Crippen molar-refractivity contribution >= 4 is 29.0 Å². The lowest BCUT2D eigenvalue weighted by Crippen LogP contribution is -2.45. The highest BCUT2D eigenvalue weighted by molar-refractivity contribution is 5.94. The molecule has 2 N–H and O–H groups in total. The topological polar surface area (TPSA) is 84.2 Å². The van der Waals surface area contributed by atoms with Crippen LogP contribution in [0.1, 0.15) is 26.7 Å². The molecule has 0 fully saturated rings. The lowest BCUT2D eigenvalue weighted by Gasteiger charge is -2.20. The number of nitrogens with one attached hydrogen (secondary N) is 2. The van der Waals surface area contributed by atoms with Crippen LogP contribution in [0.5, 0.6) is 0 Å². The van der Waals surface area contributed by atoms with Gasteiger partial charge in [0.15, 0.2) is 5.58 Å². The van der Waals surface area contributed by atoms with Crippen molar-refractivity contribution in [1.29, 1.82) is 0 Å². The molecule has 0 aliphatic heterocycles. The summed E-state index contributed by atoms with van der Waals surface area (Å²) >= 11 is 0. The molecule has 0 aliphatic carbocycles. The van der Waals surface area contributed by atoms with E-state index in [9.17, 15) is 9.59 Å². The number of carbonyl (C=O) groups is 2. The highest BCUT2D eigenvalue weighted by Gasteiger charge is 2.13. The van der Waals surface area contributed by atoms with Gasteiger partial charge in [0.05, 0.1) is 6.54 Å². The number of rotatable bonds is 4. The number of nitrogens with zero attached hydrogens (tertiary/aromatic N) is 1. The van der Waals surface area contributed by atoms with Crippen LogP contribution in [0.4, 0.5) is 0 Å². The molecule has 0 saturated heterocycles. The van der Waals surface area contributed by atoms with Crippen molar-refractivity contribution in [2.75, 3.05) is 6.54 Å². The van der Waals surface area contributed by atoms with E-state index in [-0.39, 0.29) is 23.9 Å². The summed E-state index contributed by atoms with van der Waals surface area (Å²) in [6.07, 6.45) is 2.76. The van der Waals surface area contributed by atoms with E-state index in [1.54, 1.807) is 6.07 Å². The van der Waals surface area contributed by atoms with Crippen molar-refractivity contribution in [2.24, 2.45) is 0 Å². The molecule has 6 nitrogen and oxygen atoms in total. The first-order valence-electron chi connectivity index (χ1n) is 6.96. The second-order valence-electron chi connectivity index (χ2n) is 5.87. The molecular weight excluding hydrogens is 282 g/mol. The summed E-state index contributed by atoms with van der Waals surface area (Å²) in [5, 5.41) is 5.26. The highest BCUT2D eigenvalue weighted by Crippen LogP contribution is 2.15. The van der Waals surface area contributed by atoms with Gasteiger partial charge in [-0.05, 0) is 32.9 Å². The van der Waals surface area contributed by atoms with Gasteiger partial charge >= 0.3 is 0 Å². The number of oxazole rings is 1. The zero-order chi connectivity index (χ0) is 16.2. The summed E-state index contributed by atoms with van der Waals surface area (Å²) in [4.78, 5) is 27.4. The van der Waals surface area contributed by atoms with E-state index in [0.29, 0.717) is 11.5 Å². The third-order valence-electron chi connectivity index (χ3n) is 2.63. The molecule has 0 atom stereocenters. The lowest BCUT2D eigenvalue weighted by molar-refractivity contribution is -0.124. The number of para-hydroxylation sites is 2. The average molecular weight is 301 g/mol. The maximum absolute atomic E-state index is 11.7. The molecule has 0 saturated carbocycles. The monoisotopic (exact) mass is 301 g/mol. The molecule has 22 heavy (non-hydrogen) atoms. The first kappa shape index (κ1) is 15.8. The number of aromatic nitrogens is 1. The third-order valence-corrected chi connectivity index (χ3v) is 2.63. The van der Waals surface area contributed by atoms with Gasteiger partial charge in [0, 0.05) is 17.7 Å². The predicted molar refractivity (Wildman–Crippen MR) is 83.9 cm³/mol. The minimum absolute atomic E-state index is 0.0754. The van der Waals surface area contributed by atoms with E-state index in [1.807, 2.05) is 39.0 Å². The normalized spacial score (nSPS) is 11.8. The van der Waals surface area contributed by atoms with E-state index < -0.39 is 0 Å². The van der Waals surface area contributed by atoms with Gasteiger partial charge in [-0.3, -0.25) is 9.59 Å². The molecule has 0 aliphatic rings. The van der Waals surface area contributed by atoms with Crippen molar-refractivity contribution in [1.82, 2.24) is 15.6 Å². The summed E-state index contributed by atoms with van der Waals surface area (Å²) < 4.78 is 5.45. The number of hydrogen-bond acceptors (Lipinski definition) is 4. The minimum Gasteiger partial charge on any atom is -0.437 e. The van der Waals surface area contributed by atoms with Crippen LogP contribution in [0.3, 0.4) is 0 Å². The molecule has 0 bridgehead atoms. The predicted octanol–water partition coefficient (Wildman–Crippen LogP) is 1.87. The van der Waals surface area contributed by atoms with Crippen molar-refractivity contribution in [2.45, 2.75) is 26.3 Å². The van der Waals surface area contributed by atoms with Gasteiger partial charge in [0.1, 0.15) is 5.52 Å². The highest BCUT2D eigenvalue weighted by atomic mass is 16.3. The standard InChI is InChI=1S/C16H19N3O3/c1-16(2,3)19-14(21)10-17-13(20)8-9-15-18-11-6-4-5-7-12(11)22-15/h4-9H,10H2,1-3H3,(H,17,20)(H,19,21)/b9-8+. The van der Waals surface area contributed by atoms with E-state index in [1.165, 1.54) is 12.2 Å². The molecule has 2 aromatic rings. The first-order chi connectivity index (χ1) is 10.3. The van der Waals surface area contributed by atoms with Crippen LogP contribution in [0, 0.1) is 0 Å².